The van der Waals surface area contributed by atoms with Crippen molar-refractivity contribution < 1.29 is 13.2 Å². The highest BCUT2D eigenvalue weighted by Gasteiger charge is 2.30. The average Bonchev–Trinajstić information content (AvgIpc) is 2.37. The van der Waals surface area contributed by atoms with E-state index in [-0.39, 0.29) is 6.04 Å². The van der Waals surface area contributed by atoms with E-state index in [4.69, 9.17) is 0 Å². The summed E-state index contributed by atoms with van der Waals surface area (Å²) in [5, 5.41) is 3.13. The van der Waals surface area contributed by atoms with Crippen molar-refractivity contribution in [3.63, 3.8) is 0 Å². The lowest BCUT2D eigenvalue weighted by Gasteiger charge is -2.18. The van der Waals surface area contributed by atoms with Crippen LogP contribution in [0.3, 0.4) is 0 Å². The molecule has 1 atom stereocenters. The fourth-order valence-electron chi connectivity index (χ4n) is 2.38. The largest absolute Gasteiger partial charge is 0.416 e. The molecule has 0 fully saturated rings. The van der Waals surface area contributed by atoms with E-state index in [1.54, 1.807) is 6.07 Å². The first-order valence-electron chi connectivity index (χ1n) is 6.78. The fraction of sp³-hybridized carbons (Fsp3) is 0.294. The molecule has 4 heteroatoms. The molecule has 0 amide bonds. The quantitative estimate of drug-likeness (QED) is 0.788. The number of anilines is 1. The van der Waals surface area contributed by atoms with Crippen LogP contribution in [0.15, 0.2) is 42.5 Å². The van der Waals surface area contributed by atoms with Gasteiger partial charge < -0.3 is 5.32 Å². The molecule has 1 unspecified atom stereocenters. The predicted octanol–water partition coefficient (Wildman–Crippen LogP) is 5.50. The second kappa shape index (κ2) is 5.80. The van der Waals surface area contributed by atoms with E-state index >= 15 is 0 Å². The van der Waals surface area contributed by atoms with E-state index < -0.39 is 11.7 Å². The Morgan fingerprint density at radius 2 is 1.57 bits per heavy atom. The molecule has 2 aromatic carbocycles. The van der Waals surface area contributed by atoms with E-state index in [0.717, 1.165) is 28.8 Å². The standard InChI is InChI=1S/C17H18F3N/c1-11-7-12(2)9-14(8-11)13(3)21-16-6-4-5-15(10-16)17(18,19)20/h4-10,13,21H,1-3H3. The third kappa shape index (κ3) is 4.00. The number of hydrogen-bond donors (Lipinski definition) is 1. The van der Waals surface area contributed by atoms with Crippen molar-refractivity contribution in [1.29, 1.82) is 0 Å². The van der Waals surface area contributed by atoms with Gasteiger partial charge in [-0.3, -0.25) is 0 Å². The number of halogens is 3. The Balaban J connectivity index is 2.21. The van der Waals surface area contributed by atoms with Crippen LogP contribution < -0.4 is 5.32 Å². The number of nitrogens with one attached hydrogen (secondary N) is 1. The lowest BCUT2D eigenvalue weighted by molar-refractivity contribution is -0.137. The summed E-state index contributed by atoms with van der Waals surface area (Å²) in [7, 11) is 0. The number of hydrogen-bond acceptors (Lipinski definition) is 1. The molecule has 0 bridgehead atoms. The molecule has 0 aliphatic carbocycles. The molecule has 0 aliphatic heterocycles. The number of alkyl halides is 3. The van der Waals surface area contributed by atoms with Gasteiger partial charge in [-0.25, -0.2) is 0 Å². The first kappa shape index (κ1) is 15.4. The normalized spacial score (nSPS) is 13.0. The summed E-state index contributed by atoms with van der Waals surface area (Å²) in [5.74, 6) is 0. The van der Waals surface area contributed by atoms with Crippen LogP contribution in [0.2, 0.25) is 0 Å². The molecule has 0 radical (unpaired) electrons. The zero-order chi connectivity index (χ0) is 15.6. The van der Waals surface area contributed by atoms with Crippen LogP contribution in [-0.2, 0) is 6.18 Å². The molecule has 0 aliphatic rings. The third-order valence-corrected chi connectivity index (χ3v) is 3.32. The van der Waals surface area contributed by atoms with Crippen molar-refractivity contribution in [1.82, 2.24) is 0 Å². The predicted molar refractivity (Wildman–Crippen MR) is 79.4 cm³/mol. The molecule has 0 heterocycles. The van der Waals surface area contributed by atoms with Crippen molar-refractivity contribution in [2.75, 3.05) is 5.32 Å². The van der Waals surface area contributed by atoms with Crippen molar-refractivity contribution in [2.45, 2.75) is 33.0 Å². The van der Waals surface area contributed by atoms with Gasteiger partial charge >= 0.3 is 6.18 Å². The van der Waals surface area contributed by atoms with E-state index in [1.807, 2.05) is 32.9 Å². The van der Waals surface area contributed by atoms with Crippen LogP contribution in [0.5, 0.6) is 0 Å². The van der Waals surface area contributed by atoms with E-state index in [0.29, 0.717) is 5.69 Å². The molecule has 1 N–H and O–H groups in total. The Morgan fingerprint density at radius 3 is 2.14 bits per heavy atom. The van der Waals surface area contributed by atoms with Gasteiger partial charge in [0.2, 0.25) is 0 Å². The van der Waals surface area contributed by atoms with Gasteiger partial charge in [-0.1, -0.05) is 35.4 Å². The van der Waals surface area contributed by atoms with Gasteiger partial charge in [-0.2, -0.15) is 13.2 Å². The smallest absolute Gasteiger partial charge is 0.379 e. The van der Waals surface area contributed by atoms with Crippen molar-refractivity contribution in [3.8, 4) is 0 Å². The molecular weight excluding hydrogens is 275 g/mol. The molecule has 0 spiro atoms. The Morgan fingerprint density at radius 1 is 0.952 bits per heavy atom. The minimum absolute atomic E-state index is 0.0629. The Bertz CT molecular complexity index is 612. The Labute approximate surface area is 122 Å². The van der Waals surface area contributed by atoms with Gasteiger partial charge in [0.1, 0.15) is 0 Å². The fourth-order valence-corrected chi connectivity index (χ4v) is 2.38. The van der Waals surface area contributed by atoms with Crippen molar-refractivity contribution in [3.05, 3.63) is 64.7 Å². The van der Waals surface area contributed by atoms with Gasteiger partial charge in [0.15, 0.2) is 0 Å². The summed E-state index contributed by atoms with van der Waals surface area (Å²) in [6, 6.07) is 11.4. The van der Waals surface area contributed by atoms with Gasteiger partial charge in [-0.05, 0) is 44.5 Å². The topological polar surface area (TPSA) is 12.0 Å². The summed E-state index contributed by atoms with van der Waals surface area (Å²) < 4.78 is 38.1. The minimum atomic E-state index is -4.32. The summed E-state index contributed by atoms with van der Waals surface area (Å²) in [6.45, 7) is 5.95. The molecular formula is C17H18F3N. The second-order valence-corrected chi connectivity index (χ2v) is 5.37. The van der Waals surface area contributed by atoms with Crippen LogP contribution >= 0.6 is 0 Å². The minimum Gasteiger partial charge on any atom is -0.379 e. The number of aryl methyl sites for hydroxylation is 2. The summed E-state index contributed by atoms with van der Waals surface area (Å²) in [6.07, 6.45) is -4.32. The van der Waals surface area contributed by atoms with Crippen molar-refractivity contribution >= 4 is 5.69 Å². The van der Waals surface area contributed by atoms with Crippen LogP contribution in [0, 0.1) is 13.8 Å². The maximum Gasteiger partial charge on any atom is 0.416 e. The van der Waals surface area contributed by atoms with Gasteiger partial charge in [0.05, 0.1) is 5.56 Å². The molecule has 112 valence electrons. The number of rotatable bonds is 3. The van der Waals surface area contributed by atoms with Gasteiger partial charge in [-0.15, -0.1) is 0 Å². The highest BCUT2D eigenvalue weighted by Crippen LogP contribution is 2.31. The molecule has 0 saturated heterocycles. The Hall–Kier alpha value is -1.97. The SMILES string of the molecule is Cc1cc(C)cc(C(C)Nc2cccc(C(F)(F)F)c2)c1. The molecule has 0 aromatic heterocycles. The highest BCUT2D eigenvalue weighted by atomic mass is 19.4. The zero-order valence-electron chi connectivity index (χ0n) is 12.3. The van der Waals surface area contributed by atoms with Gasteiger partial charge in [0, 0.05) is 11.7 Å². The highest BCUT2D eigenvalue weighted by molar-refractivity contribution is 5.48. The zero-order valence-corrected chi connectivity index (χ0v) is 12.3. The maximum atomic E-state index is 12.7. The average molecular weight is 293 g/mol. The molecule has 2 rings (SSSR count). The second-order valence-electron chi connectivity index (χ2n) is 5.37. The lowest BCUT2D eigenvalue weighted by atomic mass is 10.0. The molecule has 21 heavy (non-hydrogen) atoms. The summed E-state index contributed by atoms with van der Waals surface area (Å²) in [5.41, 5.74) is 3.17. The third-order valence-electron chi connectivity index (χ3n) is 3.32. The summed E-state index contributed by atoms with van der Waals surface area (Å²) in [4.78, 5) is 0. The van der Waals surface area contributed by atoms with Crippen LogP contribution in [-0.4, -0.2) is 0 Å². The maximum absolute atomic E-state index is 12.7. The van der Waals surface area contributed by atoms with Crippen LogP contribution in [0.4, 0.5) is 18.9 Å². The molecule has 2 aromatic rings. The van der Waals surface area contributed by atoms with Crippen molar-refractivity contribution in [2.24, 2.45) is 0 Å². The lowest BCUT2D eigenvalue weighted by Crippen LogP contribution is -2.09. The monoisotopic (exact) mass is 293 g/mol. The van der Waals surface area contributed by atoms with E-state index in [9.17, 15) is 13.2 Å². The van der Waals surface area contributed by atoms with E-state index in [1.165, 1.54) is 6.07 Å². The number of benzene rings is 2. The van der Waals surface area contributed by atoms with E-state index in [2.05, 4.69) is 11.4 Å². The van der Waals surface area contributed by atoms with Crippen LogP contribution in [0.25, 0.3) is 0 Å². The van der Waals surface area contributed by atoms with Gasteiger partial charge in [0.25, 0.3) is 0 Å². The van der Waals surface area contributed by atoms with Crippen LogP contribution in [0.1, 0.15) is 35.2 Å². The Kier molecular flexibility index (Phi) is 4.26. The summed E-state index contributed by atoms with van der Waals surface area (Å²) >= 11 is 0. The molecule has 1 nitrogen and oxygen atoms in total. The molecule has 0 saturated carbocycles. The first-order valence-corrected chi connectivity index (χ1v) is 6.78. The first-order chi connectivity index (χ1) is 9.75.